The molecule has 2 aromatic heterocycles. The highest BCUT2D eigenvalue weighted by Gasteiger charge is 2.33. The summed E-state index contributed by atoms with van der Waals surface area (Å²) >= 11 is 0. The van der Waals surface area contributed by atoms with Crippen molar-refractivity contribution in [2.45, 2.75) is 6.18 Å². The van der Waals surface area contributed by atoms with Gasteiger partial charge in [-0.1, -0.05) is 18.2 Å². The summed E-state index contributed by atoms with van der Waals surface area (Å²) in [6.45, 7) is 0. The number of benzene rings is 1. The second-order valence-electron chi connectivity index (χ2n) is 5.06. The van der Waals surface area contributed by atoms with Crippen LogP contribution in [0.4, 0.5) is 13.2 Å². The van der Waals surface area contributed by atoms with Crippen LogP contribution in [0.15, 0.2) is 47.3 Å². The number of para-hydroxylation sites is 1. The molecule has 5 nitrogen and oxygen atoms in total. The van der Waals surface area contributed by atoms with Gasteiger partial charge in [0.05, 0.1) is 18.2 Å². The molecule has 0 N–H and O–H groups in total. The van der Waals surface area contributed by atoms with Crippen molar-refractivity contribution in [3.05, 3.63) is 64.1 Å². The molecule has 8 heteroatoms. The molecular formula is C17H10F3N3O2. The van der Waals surface area contributed by atoms with E-state index >= 15 is 0 Å². The van der Waals surface area contributed by atoms with Crippen LogP contribution in [-0.2, 0) is 6.18 Å². The molecule has 0 unspecified atom stereocenters. The summed E-state index contributed by atoms with van der Waals surface area (Å²) in [4.78, 5) is 16.3. The number of hydrogen-bond donors (Lipinski definition) is 0. The summed E-state index contributed by atoms with van der Waals surface area (Å²) in [5.41, 5.74) is -2.19. The van der Waals surface area contributed by atoms with Gasteiger partial charge in [-0.25, -0.2) is 4.98 Å². The summed E-state index contributed by atoms with van der Waals surface area (Å²) in [5.74, 6) is -0.101. The number of rotatable bonds is 2. The normalized spacial score (nSPS) is 11.3. The SMILES string of the molecule is COc1c(C#N)c(=O)n(-c2ccccc2)c2nc(C(F)(F)F)ccc12. The molecule has 0 saturated heterocycles. The average Bonchev–Trinajstić information content (AvgIpc) is 2.60. The lowest BCUT2D eigenvalue weighted by molar-refractivity contribution is -0.141. The minimum absolute atomic E-state index is 0.101. The van der Waals surface area contributed by atoms with E-state index in [4.69, 9.17) is 4.74 Å². The largest absolute Gasteiger partial charge is 0.494 e. The molecule has 3 aromatic rings. The van der Waals surface area contributed by atoms with Crippen LogP contribution in [0.25, 0.3) is 16.7 Å². The number of hydrogen-bond acceptors (Lipinski definition) is 4. The van der Waals surface area contributed by atoms with Crippen LogP contribution in [0.2, 0.25) is 0 Å². The topological polar surface area (TPSA) is 67.9 Å². The van der Waals surface area contributed by atoms with E-state index in [1.807, 2.05) is 0 Å². The highest BCUT2D eigenvalue weighted by atomic mass is 19.4. The maximum Gasteiger partial charge on any atom is 0.433 e. The van der Waals surface area contributed by atoms with Crippen molar-refractivity contribution in [1.82, 2.24) is 9.55 Å². The van der Waals surface area contributed by atoms with Crippen LogP contribution in [0.3, 0.4) is 0 Å². The van der Waals surface area contributed by atoms with E-state index in [0.29, 0.717) is 5.69 Å². The van der Waals surface area contributed by atoms with Crippen LogP contribution in [0.5, 0.6) is 5.75 Å². The second-order valence-corrected chi connectivity index (χ2v) is 5.06. The number of alkyl halides is 3. The van der Waals surface area contributed by atoms with Crippen LogP contribution >= 0.6 is 0 Å². The fourth-order valence-electron chi connectivity index (χ4n) is 2.52. The van der Waals surface area contributed by atoms with Crippen molar-refractivity contribution >= 4 is 11.0 Å². The van der Waals surface area contributed by atoms with Crippen molar-refractivity contribution in [2.24, 2.45) is 0 Å². The Morgan fingerprint density at radius 1 is 1.16 bits per heavy atom. The Hall–Kier alpha value is -3.34. The third kappa shape index (κ3) is 2.70. The van der Waals surface area contributed by atoms with Crippen molar-refractivity contribution in [3.63, 3.8) is 0 Å². The molecule has 0 bridgehead atoms. The molecule has 1 aromatic carbocycles. The smallest absolute Gasteiger partial charge is 0.433 e. The van der Waals surface area contributed by atoms with Crippen molar-refractivity contribution < 1.29 is 17.9 Å². The molecule has 0 spiro atoms. The molecule has 126 valence electrons. The van der Waals surface area contributed by atoms with Gasteiger partial charge in [0.1, 0.15) is 11.8 Å². The van der Waals surface area contributed by atoms with E-state index < -0.39 is 17.4 Å². The molecule has 0 radical (unpaired) electrons. The predicted octanol–water partition coefficient (Wildman–Crippen LogP) is 3.28. The predicted molar refractivity (Wildman–Crippen MR) is 83.6 cm³/mol. The van der Waals surface area contributed by atoms with E-state index in [0.717, 1.165) is 16.7 Å². The van der Waals surface area contributed by atoms with Crippen LogP contribution < -0.4 is 10.3 Å². The Labute approximate surface area is 139 Å². The first-order chi connectivity index (χ1) is 11.9. The number of fused-ring (bicyclic) bond motifs is 1. The number of nitriles is 1. The van der Waals surface area contributed by atoms with E-state index in [2.05, 4.69) is 4.98 Å². The minimum Gasteiger partial charge on any atom is -0.494 e. The fourth-order valence-corrected chi connectivity index (χ4v) is 2.52. The maximum absolute atomic E-state index is 13.0. The van der Waals surface area contributed by atoms with Gasteiger partial charge in [0.15, 0.2) is 17.0 Å². The van der Waals surface area contributed by atoms with Crippen LogP contribution in [-0.4, -0.2) is 16.7 Å². The Morgan fingerprint density at radius 2 is 1.84 bits per heavy atom. The second kappa shape index (κ2) is 5.94. The molecule has 0 aliphatic rings. The summed E-state index contributed by atoms with van der Waals surface area (Å²) in [5, 5.41) is 9.44. The zero-order valence-electron chi connectivity index (χ0n) is 12.8. The van der Waals surface area contributed by atoms with Crippen LogP contribution in [0, 0.1) is 11.3 Å². The van der Waals surface area contributed by atoms with E-state index in [-0.39, 0.29) is 22.3 Å². The first kappa shape index (κ1) is 16.5. The lowest BCUT2D eigenvalue weighted by Crippen LogP contribution is -2.24. The molecule has 0 amide bonds. The summed E-state index contributed by atoms with van der Waals surface area (Å²) in [6, 6.07) is 11.7. The van der Waals surface area contributed by atoms with Gasteiger partial charge in [0.2, 0.25) is 0 Å². The van der Waals surface area contributed by atoms with Crippen LogP contribution in [0.1, 0.15) is 11.3 Å². The fraction of sp³-hybridized carbons (Fsp3) is 0.118. The maximum atomic E-state index is 13.0. The van der Waals surface area contributed by atoms with Gasteiger partial charge in [-0.3, -0.25) is 9.36 Å². The first-order valence-corrected chi connectivity index (χ1v) is 7.05. The monoisotopic (exact) mass is 345 g/mol. The number of aromatic nitrogens is 2. The standard InChI is InChI=1S/C17H10F3N3O2/c1-25-14-11-7-8-13(17(18,19)20)22-15(11)23(16(24)12(14)9-21)10-5-3-2-4-6-10/h2-8H,1H3. The van der Waals surface area contributed by atoms with E-state index in [1.165, 1.54) is 19.2 Å². The Balaban J connectivity index is 2.53. The Morgan fingerprint density at radius 3 is 2.40 bits per heavy atom. The number of pyridine rings is 2. The van der Waals surface area contributed by atoms with E-state index in [9.17, 15) is 23.2 Å². The summed E-state index contributed by atoms with van der Waals surface area (Å²) in [6.07, 6.45) is -4.67. The zero-order valence-corrected chi connectivity index (χ0v) is 12.8. The van der Waals surface area contributed by atoms with Crippen molar-refractivity contribution in [1.29, 1.82) is 5.26 Å². The van der Waals surface area contributed by atoms with Gasteiger partial charge in [0, 0.05) is 0 Å². The summed E-state index contributed by atoms with van der Waals surface area (Å²) in [7, 11) is 1.24. The average molecular weight is 345 g/mol. The molecule has 2 heterocycles. The molecular weight excluding hydrogens is 335 g/mol. The highest BCUT2D eigenvalue weighted by Crippen LogP contribution is 2.32. The number of methoxy groups -OCH3 is 1. The molecule has 25 heavy (non-hydrogen) atoms. The van der Waals surface area contributed by atoms with Gasteiger partial charge in [-0.2, -0.15) is 18.4 Å². The Kier molecular flexibility index (Phi) is 3.93. The molecule has 0 aliphatic carbocycles. The van der Waals surface area contributed by atoms with Gasteiger partial charge >= 0.3 is 6.18 Å². The zero-order chi connectivity index (χ0) is 18.2. The molecule has 0 fully saturated rings. The van der Waals surface area contributed by atoms with Gasteiger partial charge < -0.3 is 4.74 Å². The molecule has 0 saturated carbocycles. The highest BCUT2D eigenvalue weighted by molar-refractivity contribution is 5.86. The molecule has 0 aliphatic heterocycles. The number of halogens is 3. The number of ether oxygens (including phenoxy) is 1. The Bertz CT molecular complexity index is 1050. The third-order valence-electron chi connectivity index (χ3n) is 3.60. The molecule has 0 atom stereocenters. The minimum atomic E-state index is -4.67. The lowest BCUT2D eigenvalue weighted by atomic mass is 10.1. The first-order valence-electron chi connectivity index (χ1n) is 7.05. The summed E-state index contributed by atoms with van der Waals surface area (Å²) < 4.78 is 45.2. The van der Waals surface area contributed by atoms with Crippen molar-refractivity contribution in [3.8, 4) is 17.5 Å². The molecule has 3 rings (SSSR count). The van der Waals surface area contributed by atoms with Crippen molar-refractivity contribution in [2.75, 3.05) is 7.11 Å². The van der Waals surface area contributed by atoms with Gasteiger partial charge in [0.25, 0.3) is 5.56 Å². The number of nitrogens with zero attached hydrogens (tertiary/aromatic N) is 3. The van der Waals surface area contributed by atoms with Gasteiger partial charge in [-0.15, -0.1) is 0 Å². The quantitative estimate of drug-likeness (QED) is 0.715. The van der Waals surface area contributed by atoms with E-state index in [1.54, 1.807) is 24.3 Å². The lowest BCUT2D eigenvalue weighted by Gasteiger charge is -2.15. The third-order valence-corrected chi connectivity index (χ3v) is 3.60. The van der Waals surface area contributed by atoms with Gasteiger partial charge in [-0.05, 0) is 24.3 Å².